The van der Waals surface area contributed by atoms with E-state index in [0.29, 0.717) is 22.0 Å². The molecule has 0 bridgehead atoms. The zero-order valence-electron chi connectivity index (χ0n) is 15.4. The number of methoxy groups -OCH3 is 1. The number of halogens is 1. The Morgan fingerprint density at radius 2 is 1.82 bits per heavy atom. The molecule has 0 unspecified atom stereocenters. The smallest absolute Gasteiger partial charge is 0.237 e. The highest BCUT2D eigenvalue weighted by molar-refractivity contribution is 8.00. The van der Waals surface area contributed by atoms with Crippen molar-refractivity contribution in [3.05, 3.63) is 65.7 Å². The van der Waals surface area contributed by atoms with Crippen LogP contribution >= 0.6 is 23.4 Å². The van der Waals surface area contributed by atoms with Crippen LogP contribution in [-0.2, 0) is 4.79 Å². The topological polar surface area (TPSA) is 51.5 Å². The number of benzene rings is 3. The summed E-state index contributed by atoms with van der Waals surface area (Å²) in [6.45, 7) is 1.84. The number of carbonyl (C=O) groups is 1. The van der Waals surface area contributed by atoms with E-state index in [1.807, 2.05) is 61.5 Å². The van der Waals surface area contributed by atoms with Crippen molar-refractivity contribution in [2.45, 2.75) is 17.1 Å². The summed E-state index contributed by atoms with van der Waals surface area (Å²) in [6.07, 6.45) is 0. The monoisotopic (exact) mass is 411 g/mol. The Labute approximate surface area is 171 Å². The Morgan fingerprint density at radius 1 is 1.07 bits per heavy atom. The Bertz CT molecular complexity index is 1170. The van der Waals surface area contributed by atoms with Gasteiger partial charge in [0.2, 0.25) is 5.91 Å². The van der Waals surface area contributed by atoms with Crippen LogP contribution in [0.15, 0.2) is 70.0 Å². The summed E-state index contributed by atoms with van der Waals surface area (Å²) in [4.78, 5) is 13.6. The van der Waals surface area contributed by atoms with Gasteiger partial charge < -0.3 is 14.5 Å². The van der Waals surface area contributed by atoms with Gasteiger partial charge in [0, 0.05) is 21.7 Å². The third kappa shape index (κ3) is 3.55. The highest BCUT2D eigenvalue weighted by atomic mass is 35.5. The first kappa shape index (κ1) is 18.7. The van der Waals surface area contributed by atoms with Gasteiger partial charge in [-0.1, -0.05) is 41.9 Å². The fraction of sp³-hybridized carbons (Fsp3) is 0.136. The van der Waals surface area contributed by atoms with E-state index in [4.69, 9.17) is 20.8 Å². The highest BCUT2D eigenvalue weighted by Gasteiger charge is 2.19. The van der Waals surface area contributed by atoms with Crippen molar-refractivity contribution in [1.29, 1.82) is 0 Å². The van der Waals surface area contributed by atoms with E-state index >= 15 is 0 Å². The number of thioether (sulfide) groups is 1. The van der Waals surface area contributed by atoms with Crippen molar-refractivity contribution >= 4 is 56.9 Å². The lowest BCUT2D eigenvalue weighted by Crippen LogP contribution is -2.22. The fourth-order valence-electron chi connectivity index (χ4n) is 3.04. The SMILES string of the molecule is COc1cc2c(cc1NC(=O)[C@@H](C)Sc1ccccc1Cl)oc1ccccc12. The van der Waals surface area contributed by atoms with Gasteiger partial charge in [0.15, 0.2) is 0 Å². The van der Waals surface area contributed by atoms with Crippen LogP contribution in [-0.4, -0.2) is 18.3 Å². The van der Waals surface area contributed by atoms with Crippen LogP contribution in [0, 0.1) is 0 Å². The maximum atomic E-state index is 12.7. The van der Waals surface area contributed by atoms with E-state index in [9.17, 15) is 4.79 Å². The number of hydrogen-bond donors (Lipinski definition) is 1. The summed E-state index contributed by atoms with van der Waals surface area (Å²) >= 11 is 7.61. The number of rotatable bonds is 5. The molecule has 1 atom stereocenters. The second-order valence-corrected chi connectivity index (χ2v) is 8.12. The molecule has 1 aromatic heterocycles. The predicted octanol–water partition coefficient (Wildman–Crippen LogP) is 6.37. The Hall–Kier alpha value is -2.63. The molecule has 4 aromatic rings. The zero-order valence-corrected chi connectivity index (χ0v) is 16.9. The summed E-state index contributed by atoms with van der Waals surface area (Å²) in [5, 5.41) is 5.20. The van der Waals surface area contributed by atoms with Crippen LogP contribution in [0.2, 0.25) is 5.02 Å². The van der Waals surface area contributed by atoms with E-state index in [2.05, 4.69) is 5.32 Å². The van der Waals surface area contributed by atoms with Gasteiger partial charge in [-0.3, -0.25) is 4.79 Å². The van der Waals surface area contributed by atoms with Gasteiger partial charge in [0.05, 0.1) is 23.1 Å². The van der Waals surface area contributed by atoms with E-state index < -0.39 is 0 Å². The van der Waals surface area contributed by atoms with Crippen molar-refractivity contribution in [2.75, 3.05) is 12.4 Å². The van der Waals surface area contributed by atoms with E-state index in [-0.39, 0.29) is 11.2 Å². The van der Waals surface area contributed by atoms with E-state index in [1.54, 1.807) is 13.2 Å². The van der Waals surface area contributed by atoms with Crippen LogP contribution in [0.3, 0.4) is 0 Å². The Morgan fingerprint density at radius 3 is 2.61 bits per heavy atom. The maximum Gasteiger partial charge on any atom is 0.237 e. The fourth-order valence-corrected chi connectivity index (χ4v) is 4.19. The minimum absolute atomic E-state index is 0.140. The third-order valence-corrected chi connectivity index (χ3v) is 6.09. The molecule has 0 spiro atoms. The molecule has 0 saturated heterocycles. The average Bonchev–Trinajstić information content (AvgIpc) is 3.06. The van der Waals surface area contributed by atoms with Crippen LogP contribution in [0.4, 0.5) is 5.69 Å². The summed E-state index contributed by atoms with van der Waals surface area (Å²) < 4.78 is 11.4. The number of carbonyl (C=O) groups excluding carboxylic acids is 1. The van der Waals surface area contributed by atoms with Gasteiger partial charge in [-0.15, -0.1) is 11.8 Å². The van der Waals surface area contributed by atoms with E-state index in [1.165, 1.54) is 11.8 Å². The first-order valence-electron chi connectivity index (χ1n) is 8.78. The number of nitrogens with one attached hydrogen (secondary N) is 1. The van der Waals surface area contributed by atoms with Crippen LogP contribution in [0.1, 0.15) is 6.92 Å². The van der Waals surface area contributed by atoms with Crippen molar-refractivity contribution in [3.8, 4) is 5.75 Å². The van der Waals surface area contributed by atoms with Crippen molar-refractivity contribution in [2.24, 2.45) is 0 Å². The molecule has 1 N–H and O–H groups in total. The molecule has 0 aliphatic heterocycles. The minimum atomic E-state index is -0.337. The molecule has 142 valence electrons. The summed E-state index contributed by atoms with van der Waals surface area (Å²) in [5.41, 5.74) is 2.07. The number of fused-ring (bicyclic) bond motifs is 3. The summed E-state index contributed by atoms with van der Waals surface area (Å²) in [7, 11) is 1.58. The molecular formula is C22H18ClNO3S. The van der Waals surface area contributed by atoms with Crippen molar-refractivity contribution in [1.82, 2.24) is 0 Å². The number of para-hydroxylation sites is 1. The molecule has 28 heavy (non-hydrogen) atoms. The van der Waals surface area contributed by atoms with Crippen LogP contribution in [0.5, 0.6) is 5.75 Å². The second-order valence-electron chi connectivity index (χ2n) is 6.33. The lowest BCUT2D eigenvalue weighted by Gasteiger charge is -2.15. The molecule has 1 heterocycles. The van der Waals surface area contributed by atoms with Crippen LogP contribution in [0.25, 0.3) is 21.9 Å². The minimum Gasteiger partial charge on any atom is -0.495 e. The number of furan rings is 1. The van der Waals surface area contributed by atoms with Gasteiger partial charge in [0.1, 0.15) is 16.9 Å². The molecule has 0 saturated carbocycles. The first-order chi connectivity index (χ1) is 13.6. The first-order valence-corrected chi connectivity index (χ1v) is 10.0. The Kier molecular flexibility index (Phi) is 5.20. The molecule has 0 radical (unpaired) electrons. The van der Waals surface area contributed by atoms with Gasteiger partial charge in [-0.25, -0.2) is 0 Å². The summed E-state index contributed by atoms with van der Waals surface area (Å²) in [5.74, 6) is 0.445. The van der Waals surface area contributed by atoms with Crippen molar-refractivity contribution < 1.29 is 13.9 Å². The van der Waals surface area contributed by atoms with Crippen molar-refractivity contribution in [3.63, 3.8) is 0 Å². The lowest BCUT2D eigenvalue weighted by atomic mass is 10.1. The van der Waals surface area contributed by atoms with Gasteiger partial charge in [-0.2, -0.15) is 0 Å². The van der Waals surface area contributed by atoms with E-state index in [0.717, 1.165) is 21.3 Å². The molecule has 4 nitrogen and oxygen atoms in total. The molecule has 0 aliphatic rings. The highest BCUT2D eigenvalue weighted by Crippen LogP contribution is 2.37. The molecule has 4 rings (SSSR count). The molecule has 1 amide bonds. The maximum absolute atomic E-state index is 12.7. The zero-order chi connectivity index (χ0) is 19.7. The number of ether oxygens (including phenoxy) is 1. The van der Waals surface area contributed by atoms with Gasteiger partial charge in [-0.05, 0) is 31.2 Å². The van der Waals surface area contributed by atoms with Gasteiger partial charge >= 0.3 is 0 Å². The molecule has 3 aromatic carbocycles. The Balaban J connectivity index is 1.62. The van der Waals surface area contributed by atoms with Crippen LogP contribution < -0.4 is 10.1 Å². The predicted molar refractivity (Wildman–Crippen MR) is 116 cm³/mol. The standard InChI is InChI=1S/C22H18ClNO3S/c1-13(28-21-10-6-4-8-16(21)23)22(25)24-17-12-19-15(11-20(17)26-2)14-7-3-5-9-18(14)27-19/h3-13H,1-2H3,(H,24,25)/t13-/m1/s1. The summed E-state index contributed by atoms with van der Waals surface area (Å²) in [6, 6.07) is 19.0. The normalized spacial score (nSPS) is 12.2. The lowest BCUT2D eigenvalue weighted by molar-refractivity contribution is -0.115. The third-order valence-electron chi connectivity index (χ3n) is 4.47. The number of hydrogen-bond acceptors (Lipinski definition) is 4. The molecular weight excluding hydrogens is 394 g/mol. The second kappa shape index (κ2) is 7.78. The number of anilines is 1. The largest absolute Gasteiger partial charge is 0.495 e. The molecule has 6 heteroatoms. The quantitative estimate of drug-likeness (QED) is 0.388. The number of amides is 1. The molecule has 0 fully saturated rings. The molecule has 0 aliphatic carbocycles. The average molecular weight is 412 g/mol. The van der Waals surface area contributed by atoms with Gasteiger partial charge in [0.25, 0.3) is 0 Å².